The number of esters is 1. The van der Waals surface area contributed by atoms with Crippen LogP contribution in [0.15, 0.2) is 66.9 Å². The van der Waals surface area contributed by atoms with Gasteiger partial charge in [-0.1, -0.05) is 43.3 Å². The summed E-state index contributed by atoms with van der Waals surface area (Å²) in [5.74, 6) is 1.28. The summed E-state index contributed by atoms with van der Waals surface area (Å²) >= 11 is 0. The van der Waals surface area contributed by atoms with Crippen molar-refractivity contribution in [1.29, 1.82) is 0 Å². The van der Waals surface area contributed by atoms with Crippen molar-refractivity contribution in [2.24, 2.45) is 0 Å². The summed E-state index contributed by atoms with van der Waals surface area (Å²) in [4.78, 5) is 21.9. The van der Waals surface area contributed by atoms with Gasteiger partial charge >= 0.3 is 5.97 Å². The molecule has 1 aliphatic rings. The highest BCUT2D eigenvalue weighted by Crippen LogP contribution is 2.27. The van der Waals surface area contributed by atoms with Crippen LogP contribution in [0.3, 0.4) is 0 Å². The molecule has 184 valence electrons. The number of hydrogen-bond donors (Lipinski definition) is 0. The summed E-state index contributed by atoms with van der Waals surface area (Å²) in [6.07, 6.45) is 2.62. The molecule has 6 nitrogen and oxygen atoms in total. The van der Waals surface area contributed by atoms with E-state index in [1.165, 1.54) is 16.7 Å². The summed E-state index contributed by atoms with van der Waals surface area (Å²) in [7, 11) is 1.68. The summed E-state index contributed by atoms with van der Waals surface area (Å²) < 4.78 is 10.7. The van der Waals surface area contributed by atoms with Gasteiger partial charge in [0.25, 0.3) is 0 Å². The van der Waals surface area contributed by atoms with E-state index in [4.69, 9.17) is 9.47 Å². The van der Waals surface area contributed by atoms with Gasteiger partial charge in [-0.2, -0.15) is 0 Å². The maximum absolute atomic E-state index is 12.6. The number of anilines is 1. The second kappa shape index (κ2) is 11.4. The lowest BCUT2D eigenvalue weighted by Gasteiger charge is -2.28. The van der Waals surface area contributed by atoms with Crippen LogP contribution in [-0.4, -0.2) is 54.7 Å². The Morgan fingerprint density at radius 2 is 1.77 bits per heavy atom. The highest BCUT2D eigenvalue weighted by molar-refractivity contribution is 5.95. The summed E-state index contributed by atoms with van der Waals surface area (Å²) in [6, 6.07) is 21.0. The van der Waals surface area contributed by atoms with E-state index in [0.29, 0.717) is 11.6 Å². The van der Waals surface area contributed by atoms with Gasteiger partial charge in [0.1, 0.15) is 17.1 Å². The highest BCUT2D eigenvalue weighted by atomic mass is 16.5. The molecule has 0 amide bonds. The Morgan fingerprint density at radius 1 is 1.09 bits per heavy atom. The third-order valence-electron chi connectivity index (χ3n) is 6.50. The minimum atomic E-state index is -0.309. The monoisotopic (exact) mass is 473 g/mol. The normalized spacial score (nSPS) is 15.6. The van der Waals surface area contributed by atoms with Gasteiger partial charge in [-0.05, 0) is 67.8 Å². The van der Waals surface area contributed by atoms with Crippen molar-refractivity contribution in [1.82, 2.24) is 9.88 Å². The molecule has 2 aromatic carbocycles. The standard InChI is InChI=1S/C29H35N3O3/c1-5-31(19-22-8-10-23(11-9-22)24-12-14-26(34-4)15-13-24)25-16-18-32(20-25)28-27(7-6-17-30-28)29(33)35-21(2)3/h6-15,17,21,25H,5,16,18-20H2,1-4H3. The molecule has 6 heteroatoms. The van der Waals surface area contributed by atoms with Crippen LogP contribution >= 0.6 is 0 Å². The largest absolute Gasteiger partial charge is 0.497 e. The van der Waals surface area contributed by atoms with Crippen LogP contribution in [0.4, 0.5) is 5.82 Å². The van der Waals surface area contributed by atoms with Gasteiger partial charge in [0.2, 0.25) is 0 Å². The lowest BCUT2D eigenvalue weighted by molar-refractivity contribution is 0.0378. The Labute approximate surface area is 208 Å². The molecule has 0 bridgehead atoms. The van der Waals surface area contributed by atoms with E-state index in [1.807, 2.05) is 32.0 Å². The molecule has 3 aromatic rings. The number of rotatable bonds is 9. The molecule has 1 unspecified atom stereocenters. The smallest absolute Gasteiger partial charge is 0.342 e. The third kappa shape index (κ3) is 6.01. The van der Waals surface area contributed by atoms with E-state index in [0.717, 1.165) is 44.2 Å². The summed E-state index contributed by atoms with van der Waals surface area (Å²) in [5, 5.41) is 0. The van der Waals surface area contributed by atoms with Gasteiger partial charge in [0.15, 0.2) is 0 Å². The molecule has 1 atom stereocenters. The predicted octanol–water partition coefficient (Wildman–Crippen LogP) is 5.42. The van der Waals surface area contributed by atoms with E-state index in [1.54, 1.807) is 19.4 Å². The Balaban J connectivity index is 1.41. The van der Waals surface area contributed by atoms with Gasteiger partial charge in [-0.3, -0.25) is 4.90 Å². The maximum Gasteiger partial charge on any atom is 0.342 e. The Morgan fingerprint density at radius 3 is 2.40 bits per heavy atom. The Hall–Kier alpha value is -3.38. The number of methoxy groups -OCH3 is 1. The fourth-order valence-corrected chi connectivity index (χ4v) is 4.64. The average Bonchev–Trinajstić information content (AvgIpc) is 3.37. The van der Waals surface area contributed by atoms with Gasteiger partial charge in [0.05, 0.1) is 13.2 Å². The van der Waals surface area contributed by atoms with E-state index in [-0.39, 0.29) is 12.1 Å². The predicted molar refractivity (Wildman–Crippen MR) is 140 cm³/mol. The van der Waals surface area contributed by atoms with Crippen LogP contribution in [0.25, 0.3) is 11.1 Å². The first-order chi connectivity index (χ1) is 17.0. The number of ether oxygens (including phenoxy) is 2. The molecule has 35 heavy (non-hydrogen) atoms. The number of hydrogen-bond acceptors (Lipinski definition) is 6. The molecular formula is C29H35N3O3. The van der Waals surface area contributed by atoms with Crippen molar-refractivity contribution in [3.63, 3.8) is 0 Å². The minimum absolute atomic E-state index is 0.159. The van der Waals surface area contributed by atoms with Crippen LogP contribution in [0.2, 0.25) is 0 Å². The molecule has 1 fully saturated rings. The van der Waals surface area contributed by atoms with Crippen LogP contribution in [0.1, 0.15) is 43.1 Å². The fourth-order valence-electron chi connectivity index (χ4n) is 4.64. The number of carbonyl (C=O) groups is 1. The molecule has 1 aromatic heterocycles. The first-order valence-electron chi connectivity index (χ1n) is 12.4. The summed E-state index contributed by atoms with van der Waals surface area (Å²) in [6.45, 7) is 9.50. The molecule has 2 heterocycles. The SMILES string of the molecule is CCN(Cc1ccc(-c2ccc(OC)cc2)cc1)C1CCN(c2ncccc2C(=O)OC(C)C)C1. The second-order valence-corrected chi connectivity index (χ2v) is 9.21. The number of nitrogens with zero attached hydrogens (tertiary/aromatic N) is 3. The van der Waals surface area contributed by atoms with Crippen LogP contribution in [-0.2, 0) is 11.3 Å². The van der Waals surface area contributed by atoms with Gasteiger partial charge in [-0.25, -0.2) is 9.78 Å². The topological polar surface area (TPSA) is 54.9 Å². The molecule has 0 spiro atoms. The molecule has 1 saturated heterocycles. The van der Waals surface area contributed by atoms with E-state index >= 15 is 0 Å². The first kappa shape index (κ1) is 24.7. The average molecular weight is 474 g/mol. The van der Waals surface area contributed by atoms with Crippen molar-refractivity contribution in [2.75, 3.05) is 31.6 Å². The lowest BCUT2D eigenvalue weighted by atomic mass is 10.0. The van der Waals surface area contributed by atoms with Crippen LogP contribution < -0.4 is 9.64 Å². The number of carbonyl (C=O) groups excluding carboxylic acids is 1. The van der Waals surface area contributed by atoms with E-state index in [9.17, 15) is 4.79 Å². The maximum atomic E-state index is 12.6. The van der Waals surface area contributed by atoms with Gasteiger partial charge in [-0.15, -0.1) is 0 Å². The third-order valence-corrected chi connectivity index (χ3v) is 6.50. The summed E-state index contributed by atoms with van der Waals surface area (Å²) in [5.41, 5.74) is 4.21. The molecule has 1 aliphatic heterocycles. The highest BCUT2D eigenvalue weighted by Gasteiger charge is 2.30. The fraction of sp³-hybridized carbons (Fsp3) is 0.379. The molecule has 0 aliphatic carbocycles. The minimum Gasteiger partial charge on any atom is -0.497 e. The molecule has 0 saturated carbocycles. The zero-order valence-corrected chi connectivity index (χ0v) is 21.1. The number of likely N-dealkylation sites (N-methyl/N-ethyl adjacent to an activating group) is 1. The number of benzene rings is 2. The first-order valence-corrected chi connectivity index (χ1v) is 12.4. The van der Waals surface area contributed by atoms with Gasteiger partial charge < -0.3 is 14.4 Å². The van der Waals surface area contributed by atoms with Crippen molar-refractivity contribution in [3.05, 3.63) is 78.0 Å². The zero-order chi connectivity index (χ0) is 24.8. The quantitative estimate of drug-likeness (QED) is 0.387. The number of aromatic nitrogens is 1. The Bertz CT molecular complexity index is 1110. The lowest BCUT2D eigenvalue weighted by Crippen LogP contribution is -2.37. The second-order valence-electron chi connectivity index (χ2n) is 9.21. The van der Waals surface area contributed by atoms with Gasteiger partial charge in [0, 0.05) is 31.9 Å². The van der Waals surface area contributed by atoms with E-state index < -0.39 is 0 Å². The van der Waals surface area contributed by atoms with Crippen LogP contribution in [0.5, 0.6) is 5.75 Å². The van der Waals surface area contributed by atoms with Crippen molar-refractivity contribution in [2.45, 2.75) is 45.9 Å². The number of pyridine rings is 1. The molecule has 0 N–H and O–H groups in total. The molecular weight excluding hydrogens is 438 g/mol. The molecule has 4 rings (SSSR count). The Kier molecular flexibility index (Phi) is 8.03. The van der Waals surface area contributed by atoms with Crippen LogP contribution in [0, 0.1) is 0 Å². The van der Waals surface area contributed by atoms with Crippen molar-refractivity contribution >= 4 is 11.8 Å². The van der Waals surface area contributed by atoms with Crippen molar-refractivity contribution in [3.8, 4) is 16.9 Å². The molecule has 0 radical (unpaired) electrons. The zero-order valence-electron chi connectivity index (χ0n) is 21.1. The van der Waals surface area contributed by atoms with Crippen molar-refractivity contribution < 1.29 is 14.3 Å². The van der Waals surface area contributed by atoms with E-state index in [2.05, 4.69) is 58.1 Å².